The maximum atomic E-state index is 12.1. The average molecular weight is 241 g/mol. The van der Waals surface area contributed by atoms with Gasteiger partial charge in [0.15, 0.2) is 0 Å². The van der Waals surface area contributed by atoms with Gasteiger partial charge < -0.3 is 15.0 Å². The monoisotopic (exact) mass is 241 g/mol. The van der Waals surface area contributed by atoms with E-state index in [1.165, 1.54) is 0 Å². The lowest BCUT2D eigenvalue weighted by atomic mass is 10.1. The minimum absolute atomic E-state index is 0.245. The zero-order chi connectivity index (χ0) is 12.1. The summed E-state index contributed by atoms with van der Waals surface area (Å²) < 4.78 is 5.26. The zero-order valence-corrected chi connectivity index (χ0v) is 10.7. The second-order valence-electron chi connectivity index (χ2n) is 4.89. The molecule has 1 N–H and O–H groups in total. The maximum Gasteiger partial charge on any atom is 0.236 e. The van der Waals surface area contributed by atoms with Gasteiger partial charge in [-0.2, -0.15) is 0 Å². The number of likely N-dealkylation sites (N-methyl/N-ethyl adjacent to an activating group) is 1. The van der Waals surface area contributed by atoms with E-state index in [0.717, 1.165) is 39.0 Å². The quantitative estimate of drug-likeness (QED) is 0.725. The van der Waals surface area contributed by atoms with Crippen molar-refractivity contribution in [1.29, 1.82) is 0 Å². The van der Waals surface area contributed by atoms with Crippen LogP contribution in [0.15, 0.2) is 0 Å². The molecular weight excluding hydrogens is 218 g/mol. The minimum Gasteiger partial charge on any atom is -0.378 e. The van der Waals surface area contributed by atoms with Gasteiger partial charge in [0, 0.05) is 19.1 Å². The van der Waals surface area contributed by atoms with Crippen LogP contribution in [0.25, 0.3) is 0 Å². The van der Waals surface area contributed by atoms with E-state index >= 15 is 0 Å². The van der Waals surface area contributed by atoms with Crippen molar-refractivity contribution in [3.8, 4) is 0 Å². The Hall–Kier alpha value is -0.650. The molecule has 2 rings (SSSR count). The lowest BCUT2D eigenvalue weighted by Crippen LogP contribution is -2.48. The van der Waals surface area contributed by atoms with Crippen LogP contribution in [0.1, 0.15) is 12.8 Å². The molecule has 17 heavy (non-hydrogen) atoms. The fourth-order valence-corrected chi connectivity index (χ4v) is 2.50. The predicted octanol–water partition coefficient (Wildman–Crippen LogP) is -0.471. The highest BCUT2D eigenvalue weighted by molar-refractivity contribution is 5.78. The molecule has 0 aromatic heterocycles. The largest absolute Gasteiger partial charge is 0.378 e. The molecule has 0 aliphatic carbocycles. The van der Waals surface area contributed by atoms with Gasteiger partial charge in [-0.1, -0.05) is 0 Å². The highest BCUT2D eigenvalue weighted by Crippen LogP contribution is 2.10. The van der Waals surface area contributed by atoms with E-state index in [2.05, 4.69) is 17.3 Å². The zero-order valence-electron chi connectivity index (χ0n) is 10.7. The predicted molar refractivity (Wildman–Crippen MR) is 65.9 cm³/mol. The number of carbonyl (C=O) groups is 1. The molecule has 2 aliphatic heterocycles. The lowest BCUT2D eigenvalue weighted by Gasteiger charge is -2.33. The number of hydrogen-bond donors (Lipinski definition) is 1. The van der Waals surface area contributed by atoms with E-state index in [0.29, 0.717) is 25.8 Å². The van der Waals surface area contributed by atoms with Gasteiger partial charge in [-0.05, 0) is 33.0 Å². The number of ether oxygens (including phenoxy) is 1. The van der Waals surface area contributed by atoms with E-state index in [-0.39, 0.29) is 5.91 Å². The third-order valence-electron chi connectivity index (χ3n) is 3.68. The van der Waals surface area contributed by atoms with E-state index in [9.17, 15) is 4.79 Å². The Labute approximate surface area is 103 Å². The third kappa shape index (κ3) is 3.66. The first kappa shape index (κ1) is 12.8. The molecule has 2 fully saturated rings. The molecule has 98 valence electrons. The number of nitrogens with one attached hydrogen (secondary N) is 1. The fraction of sp³-hybridized carbons (Fsp3) is 0.917. The molecule has 1 amide bonds. The fourth-order valence-electron chi connectivity index (χ4n) is 2.50. The van der Waals surface area contributed by atoms with E-state index < -0.39 is 0 Å². The normalized spacial score (nSPS) is 23.1. The summed E-state index contributed by atoms with van der Waals surface area (Å²) in [7, 11) is 2.06. The van der Waals surface area contributed by atoms with Crippen molar-refractivity contribution >= 4 is 5.91 Å². The summed E-state index contributed by atoms with van der Waals surface area (Å²) >= 11 is 0. The molecule has 0 bridgehead atoms. The van der Waals surface area contributed by atoms with Crippen LogP contribution in [0, 0.1) is 0 Å². The number of carbonyl (C=O) groups excluding carboxylic acids is 1. The Morgan fingerprint density at radius 2 is 2.00 bits per heavy atom. The van der Waals surface area contributed by atoms with Gasteiger partial charge in [0.1, 0.15) is 0 Å². The first-order valence-electron chi connectivity index (χ1n) is 6.54. The SMILES string of the molecule is CN(CC(=O)N1CCOCC1)C1CCNCC1. The van der Waals surface area contributed by atoms with Crippen molar-refractivity contribution in [3.05, 3.63) is 0 Å². The molecule has 0 aromatic rings. The Morgan fingerprint density at radius 3 is 2.65 bits per heavy atom. The molecule has 0 radical (unpaired) electrons. The maximum absolute atomic E-state index is 12.1. The van der Waals surface area contributed by atoms with Crippen molar-refractivity contribution in [2.24, 2.45) is 0 Å². The number of nitrogens with zero attached hydrogens (tertiary/aromatic N) is 2. The lowest BCUT2D eigenvalue weighted by molar-refractivity contribution is -0.136. The number of morpholine rings is 1. The highest BCUT2D eigenvalue weighted by Gasteiger charge is 2.23. The summed E-state index contributed by atoms with van der Waals surface area (Å²) in [6, 6.07) is 0.557. The first-order valence-corrected chi connectivity index (χ1v) is 6.54. The summed E-state index contributed by atoms with van der Waals surface area (Å²) in [5, 5.41) is 3.35. The topological polar surface area (TPSA) is 44.8 Å². The highest BCUT2D eigenvalue weighted by atomic mass is 16.5. The summed E-state index contributed by atoms with van der Waals surface area (Å²) in [4.78, 5) is 16.2. The molecular formula is C12H23N3O2. The molecule has 5 nitrogen and oxygen atoms in total. The summed E-state index contributed by atoms with van der Waals surface area (Å²) in [6.45, 7) is 5.55. The molecule has 2 heterocycles. The van der Waals surface area contributed by atoms with E-state index in [4.69, 9.17) is 4.74 Å². The Kier molecular flexibility index (Phi) is 4.76. The van der Waals surface area contributed by atoms with Crippen molar-refractivity contribution in [2.75, 3.05) is 53.0 Å². The summed E-state index contributed by atoms with van der Waals surface area (Å²) in [5.41, 5.74) is 0. The second kappa shape index (κ2) is 6.33. The number of hydrogen-bond acceptors (Lipinski definition) is 4. The molecule has 2 saturated heterocycles. The van der Waals surface area contributed by atoms with Crippen LogP contribution < -0.4 is 5.32 Å². The number of amides is 1. The van der Waals surface area contributed by atoms with Crippen LogP contribution in [0.3, 0.4) is 0 Å². The van der Waals surface area contributed by atoms with Crippen LogP contribution in [-0.4, -0.2) is 74.7 Å². The van der Waals surface area contributed by atoms with Gasteiger partial charge >= 0.3 is 0 Å². The smallest absolute Gasteiger partial charge is 0.236 e. The van der Waals surface area contributed by atoms with Gasteiger partial charge in [0.05, 0.1) is 19.8 Å². The standard InChI is InChI=1S/C12H23N3O2/c1-14(11-2-4-13-5-3-11)10-12(16)15-6-8-17-9-7-15/h11,13H,2-10H2,1H3. The van der Waals surface area contributed by atoms with Crippen LogP contribution in [0.2, 0.25) is 0 Å². The van der Waals surface area contributed by atoms with Crippen molar-refractivity contribution in [1.82, 2.24) is 15.1 Å². The van der Waals surface area contributed by atoms with Crippen LogP contribution >= 0.6 is 0 Å². The number of piperidine rings is 1. The Balaban J connectivity index is 1.76. The molecule has 0 unspecified atom stereocenters. The second-order valence-corrected chi connectivity index (χ2v) is 4.89. The van der Waals surface area contributed by atoms with Gasteiger partial charge in [-0.15, -0.1) is 0 Å². The van der Waals surface area contributed by atoms with Gasteiger partial charge in [-0.3, -0.25) is 9.69 Å². The first-order chi connectivity index (χ1) is 8.27. The van der Waals surface area contributed by atoms with Crippen molar-refractivity contribution in [2.45, 2.75) is 18.9 Å². The van der Waals surface area contributed by atoms with Crippen molar-refractivity contribution in [3.63, 3.8) is 0 Å². The van der Waals surface area contributed by atoms with Gasteiger partial charge in [0.2, 0.25) is 5.91 Å². The van der Waals surface area contributed by atoms with Crippen LogP contribution in [-0.2, 0) is 9.53 Å². The molecule has 0 spiro atoms. The summed E-state index contributed by atoms with van der Waals surface area (Å²) in [5.74, 6) is 0.245. The molecule has 5 heteroatoms. The minimum atomic E-state index is 0.245. The molecule has 0 saturated carbocycles. The van der Waals surface area contributed by atoms with E-state index in [1.54, 1.807) is 0 Å². The van der Waals surface area contributed by atoms with Gasteiger partial charge in [0.25, 0.3) is 0 Å². The number of rotatable bonds is 3. The van der Waals surface area contributed by atoms with Crippen LogP contribution in [0.4, 0.5) is 0 Å². The molecule has 2 aliphatic rings. The molecule has 0 atom stereocenters. The van der Waals surface area contributed by atoms with Gasteiger partial charge in [-0.25, -0.2) is 0 Å². The summed E-state index contributed by atoms with van der Waals surface area (Å²) in [6.07, 6.45) is 2.29. The van der Waals surface area contributed by atoms with Crippen molar-refractivity contribution < 1.29 is 9.53 Å². The Morgan fingerprint density at radius 1 is 1.35 bits per heavy atom. The van der Waals surface area contributed by atoms with Crippen LogP contribution in [0.5, 0.6) is 0 Å². The van der Waals surface area contributed by atoms with E-state index in [1.807, 2.05) is 4.90 Å². The Bertz CT molecular complexity index is 248. The third-order valence-corrected chi connectivity index (χ3v) is 3.68. The average Bonchev–Trinajstić information content (AvgIpc) is 2.40. The molecule has 0 aromatic carbocycles.